The van der Waals surface area contributed by atoms with Gasteiger partial charge in [0.15, 0.2) is 0 Å². The average molecular weight is 460 g/mol. The molecule has 0 spiro atoms. The lowest BCUT2D eigenvalue weighted by molar-refractivity contribution is -0.144. The van der Waals surface area contributed by atoms with Crippen LogP contribution in [-0.2, 0) is 37.5 Å². The summed E-state index contributed by atoms with van der Waals surface area (Å²) in [5.74, 6) is -1.89. The molecule has 2 unspecified atom stereocenters. The Morgan fingerprint density at radius 3 is 2.59 bits per heavy atom. The molecular formula is C23H26ClN3O5. The van der Waals surface area contributed by atoms with Crippen molar-refractivity contribution in [1.82, 2.24) is 9.55 Å². The molecule has 0 fully saturated rings. The van der Waals surface area contributed by atoms with Gasteiger partial charge < -0.3 is 18.8 Å². The second-order valence-corrected chi connectivity index (χ2v) is 7.69. The van der Waals surface area contributed by atoms with Gasteiger partial charge in [-0.1, -0.05) is 29.8 Å². The van der Waals surface area contributed by atoms with Crippen molar-refractivity contribution in [3.63, 3.8) is 0 Å². The first-order chi connectivity index (χ1) is 15.4. The maximum atomic E-state index is 13.1. The molecule has 1 aliphatic heterocycles. The fourth-order valence-electron chi connectivity index (χ4n) is 3.76. The first-order valence-corrected chi connectivity index (χ1v) is 10.6. The number of hydrogen-bond donors (Lipinski definition) is 0. The summed E-state index contributed by atoms with van der Waals surface area (Å²) in [6.45, 7) is 3.88. The van der Waals surface area contributed by atoms with E-state index in [9.17, 15) is 9.59 Å². The third-order valence-electron chi connectivity index (χ3n) is 5.30. The van der Waals surface area contributed by atoms with Crippen molar-refractivity contribution in [2.45, 2.75) is 26.4 Å². The van der Waals surface area contributed by atoms with Crippen LogP contribution in [0, 0.1) is 5.92 Å². The van der Waals surface area contributed by atoms with Gasteiger partial charge in [0.05, 0.1) is 31.6 Å². The lowest BCUT2D eigenvalue weighted by Crippen LogP contribution is -2.37. The Bertz CT molecular complexity index is 1060. The molecule has 0 N–H and O–H groups in total. The van der Waals surface area contributed by atoms with Gasteiger partial charge in [-0.05, 0) is 25.5 Å². The number of methoxy groups -OCH3 is 1. The molecule has 0 saturated carbocycles. The Morgan fingerprint density at radius 1 is 1.22 bits per heavy atom. The van der Waals surface area contributed by atoms with Crippen molar-refractivity contribution in [2.75, 3.05) is 20.3 Å². The normalized spacial score (nSPS) is 18.3. The number of aliphatic imine (C=N–C) groups is 1. The number of halogens is 1. The van der Waals surface area contributed by atoms with Crippen LogP contribution in [0.3, 0.4) is 0 Å². The van der Waals surface area contributed by atoms with Crippen molar-refractivity contribution in [2.24, 2.45) is 18.0 Å². The summed E-state index contributed by atoms with van der Waals surface area (Å²) in [4.78, 5) is 34.6. The quantitative estimate of drug-likeness (QED) is 0.561. The van der Waals surface area contributed by atoms with Crippen LogP contribution in [0.1, 0.15) is 31.2 Å². The fraction of sp³-hybridized carbons (Fsp3) is 0.391. The van der Waals surface area contributed by atoms with Crippen LogP contribution in [-0.4, -0.2) is 47.5 Å². The molecule has 1 aliphatic rings. The number of rotatable bonds is 8. The molecule has 1 aromatic carbocycles. The highest BCUT2D eigenvalue weighted by Gasteiger charge is 2.43. The van der Waals surface area contributed by atoms with E-state index in [4.69, 9.17) is 25.8 Å². The number of nitrogens with zero attached hydrogens (tertiary/aromatic N) is 3. The number of carbonyl (C=O) groups excluding carboxylic acids is 2. The van der Waals surface area contributed by atoms with Crippen molar-refractivity contribution >= 4 is 29.3 Å². The Balaban J connectivity index is 2.07. The monoisotopic (exact) mass is 459 g/mol. The molecule has 0 saturated heterocycles. The standard InChI is InChI=1S/C23H26ClN3O5/c1-5-32-23(29)21-17(12-31-13-18-25-10-11-27(18)3)26-14(2)19(22(28)30-4)20(21)15-8-6-7-9-16(15)24/h6-11,19-20H,5,12-13H2,1-4H3. The van der Waals surface area contributed by atoms with Crippen molar-refractivity contribution in [3.8, 4) is 0 Å². The molecule has 2 atom stereocenters. The average Bonchev–Trinajstić information content (AvgIpc) is 3.18. The van der Waals surface area contributed by atoms with Gasteiger partial charge in [0.1, 0.15) is 18.3 Å². The molecule has 0 aliphatic carbocycles. The number of esters is 2. The molecule has 1 aromatic heterocycles. The van der Waals surface area contributed by atoms with Crippen molar-refractivity contribution in [3.05, 3.63) is 64.3 Å². The van der Waals surface area contributed by atoms with E-state index in [1.165, 1.54) is 7.11 Å². The molecule has 32 heavy (non-hydrogen) atoms. The van der Waals surface area contributed by atoms with Crippen molar-refractivity contribution in [1.29, 1.82) is 0 Å². The molecule has 0 bridgehead atoms. The van der Waals surface area contributed by atoms with E-state index in [0.717, 1.165) is 5.82 Å². The summed E-state index contributed by atoms with van der Waals surface area (Å²) in [6.07, 6.45) is 3.50. The summed E-state index contributed by atoms with van der Waals surface area (Å²) in [6, 6.07) is 7.09. The van der Waals surface area contributed by atoms with Gasteiger partial charge in [0.2, 0.25) is 0 Å². The Morgan fingerprint density at radius 2 is 1.97 bits per heavy atom. The summed E-state index contributed by atoms with van der Waals surface area (Å²) in [5, 5.41) is 0.427. The van der Waals surface area contributed by atoms with Gasteiger partial charge in [0.25, 0.3) is 0 Å². The third-order valence-corrected chi connectivity index (χ3v) is 5.64. The van der Waals surface area contributed by atoms with Crippen LogP contribution in [0.4, 0.5) is 0 Å². The van der Waals surface area contributed by atoms with Gasteiger partial charge in [-0.2, -0.15) is 0 Å². The first-order valence-electron chi connectivity index (χ1n) is 10.2. The number of benzene rings is 1. The minimum Gasteiger partial charge on any atom is -0.468 e. The number of ether oxygens (including phenoxy) is 3. The van der Waals surface area contributed by atoms with Crippen LogP contribution >= 0.6 is 11.6 Å². The first kappa shape index (κ1) is 23.7. The SMILES string of the molecule is CCOC(=O)C1=C(COCc2nccn2C)N=C(C)C(C(=O)OC)C1c1ccccc1Cl. The van der Waals surface area contributed by atoms with E-state index in [1.807, 2.05) is 17.8 Å². The van der Waals surface area contributed by atoms with E-state index >= 15 is 0 Å². The summed E-state index contributed by atoms with van der Waals surface area (Å²) >= 11 is 6.49. The van der Waals surface area contributed by atoms with Gasteiger partial charge in [-0.3, -0.25) is 9.79 Å². The Hall–Kier alpha value is -2.97. The zero-order valence-corrected chi connectivity index (χ0v) is 19.3. The zero-order chi connectivity index (χ0) is 23.3. The third kappa shape index (κ3) is 4.92. The maximum absolute atomic E-state index is 13.1. The molecule has 8 nitrogen and oxygen atoms in total. The molecule has 170 valence electrons. The van der Waals surface area contributed by atoms with Crippen LogP contribution in [0.5, 0.6) is 0 Å². The fourth-order valence-corrected chi connectivity index (χ4v) is 4.02. The highest BCUT2D eigenvalue weighted by molar-refractivity contribution is 6.31. The Labute approximate surface area is 191 Å². The topological polar surface area (TPSA) is 92.0 Å². The molecule has 0 radical (unpaired) electrons. The number of carbonyl (C=O) groups is 2. The van der Waals surface area contributed by atoms with Gasteiger partial charge >= 0.3 is 11.9 Å². The minimum atomic E-state index is -0.822. The Kier molecular flexibility index (Phi) is 7.82. The zero-order valence-electron chi connectivity index (χ0n) is 18.5. The molecule has 0 amide bonds. The van der Waals surface area contributed by atoms with Gasteiger partial charge in [-0.25, -0.2) is 9.78 Å². The van der Waals surface area contributed by atoms with Crippen LogP contribution < -0.4 is 0 Å². The highest BCUT2D eigenvalue weighted by Crippen LogP contribution is 2.42. The molecular weight excluding hydrogens is 434 g/mol. The maximum Gasteiger partial charge on any atom is 0.336 e. The number of aromatic nitrogens is 2. The van der Waals surface area contributed by atoms with E-state index in [-0.39, 0.29) is 25.4 Å². The van der Waals surface area contributed by atoms with Crippen molar-refractivity contribution < 1.29 is 23.8 Å². The predicted octanol–water partition coefficient (Wildman–Crippen LogP) is 3.45. The second-order valence-electron chi connectivity index (χ2n) is 7.28. The van der Waals surface area contributed by atoms with Gasteiger partial charge in [-0.15, -0.1) is 0 Å². The predicted molar refractivity (Wildman–Crippen MR) is 119 cm³/mol. The number of imidazole rings is 1. The second kappa shape index (κ2) is 10.6. The van der Waals surface area contributed by atoms with Crippen LogP contribution in [0.2, 0.25) is 5.02 Å². The smallest absolute Gasteiger partial charge is 0.336 e. The van der Waals surface area contributed by atoms with E-state index in [0.29, 0.717) is 22.0 Å². The van der Waals surface area contributed by atoms with E-state index < -0.39 is 23.8 Å². The molecule has 9 heteroatoms. The largest absolute Gasteiger partial charge is 0.468 e. The van der Waals surface area contributed by atoms with E-state index in [2.05, 4.69) is 9.98 Å². The lowest BCUT2D eigenvalue weighted by Gasteiger charge is -2.32. The number of aryl methyl sites for hydroxylation is 1. The van der Waals surface area contributed by atoms with E-state index in [1.54, 1.807) is 44.3 Å². The summed E-state index contributed by atoms with van der Waals surface area (Å²) in [5.41, 5.74) is 1.75. The summed E-state index contributed by atoms with van der Waals surface area (Å²) in [7, 11) is 3.17. The van der Waals surface area contributed by atoms with Crippen LogP contribution in [0.15, 0.2) is 52.9 Å². The molecule has 2 aromatic rings. The molecule has 3 rings (SSSR count). The lowest BCUT2D eigenvalue weighted by atomic mass is 9.75. The summed E-state index contributed by atoms with van der Waals surface area (Å²) < 4.78 is 18.1. The van der Waals surface area contributed by atoms with Crippen LogP contribution in [0.25, 0.3) is 0 Å². The number of hydrogen-bond acceptors (Lipinski definition) is 7. The molecule has 2 heterocycles. The van der Waals surface area contributed by atoms with Gasteiger partial charge in [0, 0.05) is 36.1 Å². The minimum absolute atomic E-state index is 0.0349. The highest BCUT2D eigenvalue weighted by atomic mass is 35.5.